The molecule has 0 aromatic rings. The Morgan fingerprint density at radius 1 is 0.933 bits per heavy atom. The van der Waals surface area contributed by atoms with Crippen LogP contribution in [-0.4, -0.2) is 0 Å². The van der Waals surface area contributed by atoms with Crippen LogP contribution >= 0.6 is 0 Å². The molecule has 15 heavy (non-hydrogen) atoms. The summed E-state index contributed by atoms with van der Waals surface area (Å²) in [5.41, 5.74) is 0. The van der Waals surface area contributed by atoms with Crippen LogP contribution in [0.4, 0.5) is 0 Å². The summed E-state index contributed by atoms with van der Waals surface area (Å²) in [7, 11) is 0. The third-order valence-electron chi connectivity index (χ3n) is 5.16. The van der Waals surface area contributed by atoms with Crippen LogP contribution in [0.25, 0.3) is 0 Å². The summed E-state index contributed by atoms with van der Waals surface area (Å²) in [5, 5.41) is 0. The van der Waals surface area contributed by atoms with E-state index in [-0.39, 0.29) is 0 Å². The summed E-state index contributed by atoms with van der Waals surface area (Å²) >= 11 is 0. The topological polar surface area (TPSA) is 0 Å². The molecule has 2 aliphatic carbocycles. The van der Waals surface area contributed by atoms with Gasteiger partial charge in [-0.25, -0.2) is 0 Å². The zero-order valence-electron chi connectivity index (χ0n) is 10.7. The first-order chi connectivity index (χ1) is 7.36. The van der Waals surface area contributed by atoms with Crippen molar-refractivity contribution in [1.82, 2.24) is 0 Å². The molecule has 0 nitrogen and oxygen atoms in total. The van der Waals surface area contributed by atoms with Crippen molar-refractivity contribution in [2.75, 3.05) is 0 Å². The Kier molecular flexibility index (Phi) is 4.11. The molecule has 88 valence electrons. The molecule has 0 amide bonds. The normalized spacial score (nSPS) is 41.2. The highest BCUT2D eigenvalue weighted by atomic mass is 14.4. The standard InChI is InChI=1S/C15H28/c1-3-7-12-10-11-13-8-5-6-9-15(13)14(12)4-2/h12-15H,3-11H2,1-2H3. The zero-order valence-corrected chi connectivity index (χ0v) is 10.7. The molecular weight excluding hydrogens is 180 g/mol. The summed E-state index contributed by atoms with van der Waals surface area (Å²) < 4.78 is 0. The first-order valence-electron chi connectivity index (χ1n) is 7.36. The van der Waals surface area contributed by atoms with E-state index in [1.165, 1.54) is 32.1 Å². The number of rotatable bonds is 3. The molecule has 0 spiro atoms. The second-order valence-corrected chi connectivity index (χ2v) is 5.91. The lowest BCUT2D eigenvalue weighted by atomic mass is 9.60. The fraction of sp³-hybridized carbons (Fsp3) is 1.00. The van der Waals surface area contributed by atoms with Crippen molar-refractivity contribution < 1.29 is 0 Å². The van der Waals surface area contributed by atoms with E-state index in [0.717, 1.165) is 23.7 Å². The predicted octanol–water partition coefficient (Wildman–Crippen LogP) is 5.03. The Bertz CT molecular complexity index is 184. The van der Waals surface area contributed by atoms with Crippen LogP contribution in [0.5, 0.6) is 0 Å². The van der Waals surface area contributed by atoms with E-state index in [2.05, 4.69) is 13.8 Å². The van der Waals surface area contributed by atoms with Gasteiger partial charge >= 0.3 is 0 Å². The molecule has 2 aliphatic rings. The Morgan fingerprint density at radius 3 is 2.47 bits per heavy atom. The maximum Gasteiger partial charge on any atom is -0.0355 e. The first kappa shape index (κ1) is 11.5. The Labute approximate surface area is 95.8 Å². The van der Waals surface area contributed by atoms with E-state index in [0.29, 0.717) is 0 Å². The quantitative estimate of drug-likeness (QED) is 0.610. The maximum absolute atomic E-state index is 2.43. The molecular formula is C15H28. The minimum absolute atomic E-state index is 1.08. The molecule has 2 fully saturated rings. The van der Waals surface area contributed by atoms with Crippen molar-refractivity contribution in [3.05, 3.63) is 0 Å². The minimum atomic E-state index is 1.08. The molecule has 0 aliphatic heterocycles. The molecule has 0 N–H and O–H groups in total. The minimum Gasteiger partial charge on any atom is -0.0654 e. The second-order valence-electron chi connectivity index (χ2n) is 5.91. The number of hydrogen-bond donors (Lipinski definition) is 0. The van der Waals surface area contributed by atoms with E-state index in [9.17, 15) is 0 Å². The van der Waals surface area contributed by atoms with Crippen LogP contribution < -0.4 is 0 Å². The fourth-order valence-electron chi connectivity index (χ4n) is 4.52. The largest absolute Gasteiger partial charge is 0.0654 e. The molecule has 0 aromatic carbocycles. The number of fused-ring (bicyclic) bond motifs is 1. The smallest absolute Gasteiger partial charge is 0.0355 e. The average molecular weight is 208 g/mol. The molecule has 2 saturated carbocycles. The summed E-state index contributed by atoms with van der Waals surface area (Å²) in [5.74, 6) is 4.41. The van der Waals surface area contributed by atoms with Gasteiger partial charge in [0.25, 0.3) is 0 Å². The van der Waals surface area contributed by atoms with Gasteiger partial charge in [-0.3, -0.25) is 0 Å². The van der Waals surface area contributed by atoms with Crippen LogP contribution in [0.1, 0.15) is 71.6 Å². The molecule has 4 atom stereocenters. The molecule has 2 rings (SSSR count). The van der Waals surface area contributed by atoms with Gasteiger partial charge in [0.15, 0.2) is 0 Å². The van der Waals surface area contributed by atoms with Gasteiger partial charge in [-0.15, -0.1) is 0 Å². The predicted molar refractivity (Wildman–Crippen MR) is 66.9 cm³/mol. The summed E-state index contributed by atoms with van der Waals surface area (Å²) in [6.07, 6.45) is 13.6. The van der Waals surface area contributed by atoms with Crippen molar-refractivity contribution in [3.63, 3.8) is 0 Å². The Hall–Kier alpha value is 0. The van der Waals surface area contributed by atoms with Gasteiger partial charge in [0.2, 0.25) is 0 Å². The average Bonchev–Trinajstić information content (AvgIpc) is 2.29. The second kappa shape index (κ2) is 5.37. The molecule has 0 aromatic heterocycles. The number of hydrogen-bond acceptors (Lipinski definition) is 0. The van der Waals surface area contributed by atoms with Crippen LogP contribution in [0.15, 0.2) is 0 Å². The highest BCUT2D eigenvalue weighted by Crippen LogP contribution is 2.48. The molecule has 0 heterocycles. The van der Waals surface area contributed by atoms with Gasteiger partial charge < -0.3 is 0 Å². The molecule has 0 saturated heterocycles. The summed E-state index contributed by atoms with van der Waals surface area (Å²) in [4.78, 5) is 0. The SMILES string of the molecule is CCCC1CCC2CCCCC2C1CC. The first-order valence-corrected chi connectivity index (χ1v) is 7.36. The van der Waals surface area contributed by atoms with E-state index >= 15 is 0 Å². The Balaban J connectivity index is 2.01. The van der Waals surface area contributed by atoms with Crippen LogP contribution in [0.2, 0.25) is 0 Å². The molecule has 0 heteroatoms. The van der Waals surface area contributed by atoms with Crippen LogP contribution in [0.3, 0.4) is 0 Å². The lowest BCUT2D eigenvalue weighted by Crippen LogP contribution is -2.36. The van der Waals surface area contributed by atoms with Crippen LogP contribution in [0, 0.1) is 23.7 Å². The van der Waals surface area contributed by atoms with Gasteiger partial charge in [-0.2, -0.15) is 0 Å². The maximum atomic E-state index is 2.43. The Morgan fingerprint density at radius 2 is 1.73 bits per heavy atom. The van der Waals surface area contributed by atoms with Crippen molar-refractivity contribution in [2.45, 2.75) is 71.6 Å². The molecule has 0 radical (unpaired) electrons. The van der Waals surface area contributed by atoms with Gasteiger partial charge in [0.1, 0.15) is 0 Å². The van der Waals surface area contributed by atoms with Gasteiger partial charge in [-0.05, 0) is 42.9 Å². The molecule has 4 unspecified atom stereocenters. The van der Waals surface area contributed by atoms with Crippen LogP contribution in [-0.2, 0) is 0 Å². The van der Waals surface area contributed by atoms with E-state index in [1.807, 2.05) is 0 Å². The fourth-order valence-corrected chi connectivity index (χ4v) is 4.52. The lowest BCUT2D eigenvalue weighted by molar-refractivity contribution is 0.0476. The van der Waals surface area contributed by atoms with Crippen molar-refractivity contribution in [2.24, 2.45) is 23.7 Å². The van der Waals surface area contributed by atoms with E-state index < -0.39 is 0 Å². The van der Waals surface area contributed by atoms with Gasteiger partial charge in [0, 0.05) is 0 Å². The summed E-state index contributed by atoms with van der Waals surface area (Å²) in [6.45, 7) is 4.80. The van der Waals surface area contributed by atoms with Crippen molar-refractivity contribution >= 4 is 0 Å². The van der Waals surface area contributed by atoms with Gasteiger partial charge in [0.05, 0.1) is 0 Å². The summed E-state index contributed by atoms with van der Waals surface area (Å²) in [6, 6.07) is 0. The highest BCUT2D eigenvalue weighted by molar-refractivity contribution is 4.88. The van der Waals surface area contributed by atoms with Crippen molar-refractivity contribution in [3.8, 4) is 0 Å². The zero-order chi connectivity index (χ0) is 10.7. The highest BCUT2D eigenvalue weighted by Gasteiger charge is 2.38. The van der Waals surface area contributed by atoms with E-state index in [4.69, 9.17) is 0 Å². The van der Waals surface area contributed by atoms with E-state index in [1.54, 1.807) is 25.7 Å². The molecule has 0 bridgehead atoms. The third-order valence-corrected chi connectivity index (χ3v) is 5.16. The van der Waals surface area contributed by atoms with Crippen molar-refractivity contribution in [1.29, 1.82) is 0 Å². The lowest BCUT2D eigenvalue weighted by Gasteiger charge is -2.45. The van der Waals surface area contributed by atoms with Gasteiger partial charge in [-0.1, -0.05) is 52.4 Å². The third kappa shape index (κ3) is 2.40. The monoisotopic (exact) mass is 208 g/mol.